The number of pyridine rings is 2. The van der Waals surface area contributed by atoms with E-state index in [9.17, 15) is 10.1 Å². The third-order valence-corrected chi connectivity index (χ3v) is 2.29. The van der Waals surface area contributed by atoms with Gasteiger partial charge in [-0.2, -0.15) is 4.98 Å². The first-order chi connectivity index (χ1) is 9.10. The summed E-state index contributed by atoms with van der Waals surface area (Å²) in [4.78, 5) is 17.9. The molecule has 0 aromatic carbocycles. The minimum atomic E-state index is -0.611. The van der Waals surface area contributed by atoms with Gasteiger partial charge in [0, 0.05) is 18.3 Å². The van der Waals surface area contributed by atoms with Gasteiger partial charge in [0.15, 0.2) is 0 Å². The molecule has 0 spiro atoms. The Kier molecular flexibility index (Phi) is 3.74. The topological polar surface area (TPSA) is 116 Å². The molecule has 0 atom stereocenters. The fraction of sp³-hybridized carbons (Fsp3) is 0. The van der Waals surface area contributed by atoms with Gasteiger partial charge < -0.3 is 10.2 Å². The van der Waals surface area contributed by atoms with E-state index in [0.717, 1.165) is 0 Å². The van der Waals surface area contributed by atoms with E-state index in [-0.39, 0.29) is 23.1 Å². The van der Waals surface area contributed by atoms with E-state index >= 15 is 0 Å². The number of aromatic nitrogens is 2. The molecule has 2 aromatic rings. The van der Waals surface area contributed by atoms with Gasteiger partial charge in [0.25, 0.3) is 0 Å². The highest BCUT2D eigenvalue weighted by Crippen LogP contribution is 2.30. The summed E-state index contributed by atoms with van der Waals surface area (Å²) in [5.74, 6) is 5.45. The van der Waals surface area contributed by atoms with Gasteiger partial charge in [0.2, 0.25) is 0 Å². The van der Waals surface area contributed by atoms with E-state index in [1.54, 1.807) is 0 Å². The fourth-order valence-corrected chi connectivity index (χ4v) is 1.45. The standard InChI is InChI=1S/C10H8ClN5O3/c11-6-3-7(5-13-4-6)19-10-8(16(17)18)1-2-9(14-10)15-12/h1-5H,12H2,(H,14,15). The average molecular weight is 282 g/mol. The maximum absolute atomic E-state index is 10.9. The summed E-state index contributed by atoms with van der Waals surface area (Å²) in [5.41, 5.74) is 1.98. The number of hydrogen-bond donors (Lipinski definition) is 2. The van der Waals surface area contributed by atoms with Gasteiger partial charge in [-0.05, 0) is 6.07 Å². The normalized spacial score (nSPS) is 10.0. The Morgan fingerprint density at radius 2 is 2.21 bits per heavy atom. The van der Waals surface area contributed by atoms with Crippen LogP contribution < -0.4 is 16.0 Å². The summed E-state index contributed by atoms with van der Waals surface area (Å²) < 4.78 is 5.30. The van der Waals surface area contributed by atoms with Crippen LogP contribution in [0.4, 0.5) is 11.5 Å². The van der Waals surface area contributed by atoms with Gasteiger partial charge in [-0.15, -0.1) is 0 Å². The molecule has 0 saturated heterocycles. The first-order valence-electron chi connectivity index (χ1n) is 5.00. The number of ether oxygens (including phenoxy) is 1. The fourth-order valence-electron chi connectivity index (χ4n) is 1.29. The number of hydrogen-bond acceptors (Lipinski definition) is 7. The Labute approximate surface area is 112 Å². The molecule has 9 heteroatoms. The largest absolute Gasteiger partial charge is 0.432 e. The zero-order chi connectivity index (χ0) is 13.8. The Morgan fingerprint density at radius 3 is 2.84 bits per heavy atom. The molecule has 3 N–H and O–H groups in total. The van der Waals surface area contributed by atoms with Crippen LogP contribution in [0.5, 0.6) is 11.6 Å². The van der Waals surface area contributed by atoms with Crippen LogP contribution in [0.15, 0.2) is 30.6 Å². The summed E-state index contributed by atoms with van der Waals surface area (Å²) in [6.07, 6.45) is 2.77. The molecule has 0 bridgehead atoms. The Morgan fingerprint density at radius 1 is 1.42 bits per heavy atom. The van der Waals surface area contributed by atoms with Gasteiger partial charge >= 0.3 is 11.6 Å². The molecule has 0 unspecified atom stereocenters. The van der Waals surface area contributed by atoms with Crippen LogP contribution in [0.25, 0.3) is 0 Å². The Hall–Kier alpha value is -2.45. The number of nitro groups is 1. The highest BCUT2D eigenvalue weighted by Gasteiger charge is 2.18. The maximum atomic E-state index is 10.9. The lowest BCUT2D eigenvalue weighted by Crippen LogP contribution is -2.09. The lowest BCUT2D eigenvalue weighted by molar-refractivity contribution is -0.386. The maximum Gasteiger partial charge on any atom is 0.331 e. The van der Waals surface area contributed by atoms with E-state index in [1.165, 1.54) is 30.6 Å². The highest BCUT2D eigenvalue weighted by molar-refractivity contribution is 6.30. The molecule has 0 saturated carbocycles. The van der Waals surface area contributed by atoms with E-state index in [2.05, 4.69) is 15.4 Å². The highest BCUT2D eigenvalue weighted by atomic mass is 35.5. The number of halogens is 1. The number of nitrogens with one attached hydrogen (secondary N) is 1. The molecule has 0 fully saturated rings. The second-order valence-electron chi connectivity index (χ2n) is 3.36. The van der Waals surface area contributed by atoms with Crippen molar-refractivity contribution in [3.05, 3.63) is 45.7 Å². The molecule has 8 nitrogen and oxygen atoms in total. The second kappa shape index (κ2) is 5.46. The number of nitrogen functional groups attached to an aromatic ring is 1. The molecule has 2 heterocycles. The summed E-state index contributed by atoms with van der Waals surface area (Å²) in [5, 5.41) is 11.2. The Bertz CT molecular complexity index is 622. The predicted molar refractivity (Wildman–Crippen MR) is 68.0 cm³/mol. The molecular formula is C10H8ClN5O3. The van der Waals surface area contributed by atoms with E-state index in [1.807, 2.05) is 0 Å². The van der Waals surface area contributed by atoms with Crippen LogP contribution in [0, 0.1) is 10.1 Å². The molecule has 2 aromatic heterocycles. The van der Waals surface area contributed by atoms with Gasteiger partial charge in [-0.25, -0.2) is 5.84 Å². The molecule has 0 aliphatic carbocycles. The first-order valence-corrected chi connectivity index (χ1v) is 5.38. The smallest absolute Gasteiger partial charge is 0.331 e. The van der Waals surface area contributed by atoms with Crippen molar-refractivity contribution in [3.8, 4) is 11.6 Å². The van der Waals surface area contributed by atoms with Crippen molar-refractivity contribution in [2.75, 3.05) is 5.43 Å². The number of nitrogens with two attached hydrogens (primary N) is 1. The number of anilines is 1. The molecule has 0 aliphatic rings. The van der Waals surface area contributed by atoms with Crippen molar-refractivity contribution in [2.24, 2.45) is 5.84 Å². The monoisotopic (exact) mass is 281 g/mol. The van der Waals surface area contributed by atoms with Crippen LogP contribution in [0.1, 0.15) is 0 Å². The molecule has 98 valence electrons. The van der Waals surface area contributed by atoms with Crippen LogP contribution in [-0.4, -0.2) is 14.9 Å². The zero-order valence-corrected chi connectivity index (χ0v) is 10.2. The number of hydrazine groups is 1. The lowest BCUT2D eigenvalue weighted by atomic mass is 10.4. The molecule has 0 radical (unpaired) electrons. The minimum Gasteiger partial charge on any atom is -0.432 e. The molecular weight excluding hydrogens is 274 g/mol. The molecule has 0 amide bonds. The van der Waals surface area contributed by atoms with Crippen LogP contribution in [-0.2, 0) is 0 Å². The SMILES string of the molecule is NNc1ccc([N+](=O)[O-])c(Oc2cncc(Cl)c2)n1. The van der Waals surface area contributed by atoms with Crippen molar-refractivity contribution >= 4 is 23.1 Å². The second-order valence-corrected chi connectivity index (χ2v) is 3.80. The van der Waals surface area contributed by atoms with Crippen molar-refractivity contribution in [2.45, 2.75) is 0 Å². The summed E-state index contributed by atoms with van der Waals surface area (Å²) >= 11 is 5.74. The van der Waals surface area contributed by atoms with Crippen molar-refractivity contribution in [1.29, 1.82) is 0 Å². The van der Waals surface area contributed by atoms with Crippen LogP contribution in [0.3, 0.4) is 0 Å². The van der Waals surface area contributed by atoms with Crippen LogP contribution in [0.2, 0.25) is 5.02 Å². The lowest BCUT2D eigenvalue weighted by Gasteiger charge is -2.06. The first kappa shape index (κ1) is 13.0. The minimum absolute atomic E-state index is 0.204. The van der Waals surface area contributed by atoms with Crippen molar-refractivity contribution in [1.82, 2.24) is 9.97 Å². The molecule has 0 aliphatic heterocycles. The third-order valence-electron chi connectivity index (χ3n) is 2.08. The quantitative estimate of drug-likeness (QED) is 0.501. The molecule has 2 rings (SSSR count). The van der Waals surface area contributed by atoms with Gasteiger partial charge in [-0.1, -0.05) is 11.6 Å². The van der Waals surface area contributed by atoms with E-state index < -0.39 is 4.92 Å². The number of rotatable bonds is 4. The van der Waals surface area contributed by atoms with E-state index in [0.29, 0.717) is 5.02 Å². The van der Waals surface area contributed by atoms with E-state index in [4.69, 9.17) is 22.2 Å². The van der Waals surface area contributed by atoms with Crippen LogP contribution >= 0.6 is 11.6 Å². The predicted octanol–water partition coefficient (Wildman–Crippen LogP) is 2.12. The van der Waals surface area contributed by atoms with Gasteiger partial charge in [0.05, 0.1) is 16.1 Å². The zero-order valence-electron chi connectivity index (χ0n) is 9.41. The van der Waals surface area contributed by atoms with Gasteiger partial charge in [-0.3, -0.25) is 15.1 Å². The summed E-state index contributed by atoms with van der Waals surface area (Å²) in [6.45, 7) is 0. The van der Waals surface area contributed by atoms with Crippen molar-refractivity contribution in [3.63, 3.8) is 0 Å². The van der Waals surface area contributed by atoms with Gasteiger partial charge in [0.1, 0.15) is 11.6 Å². The average Bonchev–Trinajstić information content (AvgIpc) is 2.38. The number of nitrogens with zero attached hydrogens (tertiary/aromatic N) is 3. The van der Waals surface area contributed by atoms with Crippen molar-refractivity contribution < 1.29 is 9.66 Å². The Balaban J connectivity index is 2.39. The molecule has 19 heavy (non-hydrogen) atoms. The summed E-state index contributed by atoms with van der Waals surface area (Å²) in [6, 6.07) is 4.05. The summed E-state index contributed by atoms with van der Waals surface area (Å²) in [7, 11) is 0. The third kappa shape index (κ3) is 3.06.